The number of hydrogen-bond donors (Lipinski definition) is 1. The zero-order chi connectivity index (χ0) is 21.0. The van der Waals surface area contributed by atoms with Crippen molar-refractivity contribution < 1.29 is 9.32 Å². The summed E-state index contributed by atoms with van der Waals surface area (Å²) in [5.74, 6) is 1.22. The number of benzene rings is 1. The number of likely N-dealkylation sites (tertiary alicyclic amines) is 1. The van der Waals surface area contributed by atoms with Gasteiger partial charge in [0.15, 0.2) is 0 Å². The van der Waals surface area contributed by atoms with Gasteiger partial charge in [0.1, 0.15) is 5.69 Å². The summed E-state index contributed by atoms with van der Waals surface area (Å²) in [6, 6.07) is 14.9. The molecule has 0 unspecified atom stereocenters. The lowest BCUT2D eigenvalue weighted by atomic mass is 9.97. The largest absolute Gasteiger partial charge is 0.339 e. The maximum atomic E-state index is 12.8. The van der Waals surface area contributed by atoms with Gasteiger partial charge in [-0.25, -0.2) is 9.48 Å². The third-order valence-corrected chi connectivity index (χ3v) is 5.36. The SMILES string of the molecule is O=C(Nc1ccccc1-n1cccn1)N1CCC(c2nc(-c3ccccn3)no2)CC1. The van der Waals surface area contributed by atoms with Gasteiger partial charge in [-0.05, 0) is 43.2 Å². The van der Waals surface area contributed by atoms with Gasteiger partial charge >= 0.3 is 6.03 Å². The molecule has 1 N–H and O–H groups in total. The van der Waals surface area contributed by atoms with Crippen LogP contribution < -0.4 is 5.32 Å². The summed E-state index contributed by atoms with van der Waals surface area (Å²) >= 11 is 0. The molecule has 0 atom stereocenters. The van der Waals surface area contributed by atoms with E-state index in [0.717, 1.165) is 24.2 Å². The Kier molecular flexibility index (Phi) is 5.14. The van der Waals surface area contributed by atoms with Gasteiger partial charge in [-0.3, -0.25) is 4.98 Å². The van der Waals surface area contributed by atoms with Crippen LogP contribution >= 0.6 is 0 Å². The predicted octanol–water partition coefficient (Wildman–Crippen LogP) is 3.73. The van der Waals surface area contributed by atoms with Crippen LogP contribution in [0.5, 0.6) is 0 Å². The molecular formula is C22H21N7O2. The number of aromatic nitrogens is 5. The first-order valence-electron chi connectivity index (χ1n) is 10.2. The lowest BCUT2D eigenvalue weighted by Crippen LogP contribution is -2.40. The van der Waals surface area contributed by atoms with Gasteiger partial charge in [-0.15, -0.1) is 0 Å². The average Bonchev–Trinajstić information content (AvgIpc) is 3.53. The second-order valence-electron chi connectivity index (χ2n) is 7.33. The van der Waals surface area contributed by atoms with Crippen LogP contribution in [-0.2, 0) is 0 Å². The first kappa shape index (κ1) is 19.0. The number of nitrogens with one attached hydrogen (secondary N) is 1. The molecule has 31 heavy (non-hydrogen) atoms. The monoisotopic (exact) mass is 415 g/mol. The molecule has 5 rings (SSSR count). The molecule has 9 nitrogen and oxygen atoms in total. The smallest absolute Gasteiger partial charge is 0.321 e. The van der Waals surface area contributed by atoms with Crippen molar-refractivity contribution in [3.63, 3.8) is 0 Å². The lowest BCUT2D eigenvalue weighted by molar-refractivity contribution is 0.187. The number of amides is 2. The van der Waals surface area contributed by atoms with Crippen LogP contribution in [-0.4, -0.2) is 48.9 Å². The van der Waals surface area contributed by atoms with Crippen LogP contribution in [0.2, 0.25) is 0 Å². The molecule has 1 saturated heterocycles. The van der Waals surface area contributed by atoms with E-state index in [2.05, 4.69) is 25.5 Å². The Morgan fingerprint density at radius 1 is 1.03 bits per heavy atom. The van der Waals surface area contributed by atoms with E-state index in [1.807, 2.05) is 59.6 Å². The van der Waals surface area contributed by atoms with Gasteiger partial charge < -0.3 is 14.7 Å². The van der Waals surface area contributed by atoms with Gasteiger partial charge in [0.05, 0.1) is 11.4 Å². The third-order valence-electron chi connectivity index (χ3n) is 5.36. The zero-order valence-electron chi connectivity index (χ0n) is 16.8. The molecule has 0 radical (unpaired) electrons. The maximum Gasteiger partial charge on any atom is 0.321 e. The molecule has 1 aromatic carbocycles. The number of urea groups is 1. The predicted molar refractivity (Wildman–Crippen MR) is 114 cm³/mol. The van der Waals surface area contributed by atoms with Crippen LogP contribution in [0.25, 0.3) is 17.2 Å². The Morgan fingerprint density at radius 3 is 2.65 bits per heavy atom. The molecule has 0 saturated carbocycles. The van der Waals surface area contributed by atoms with Crippen molar-refractivity contribution in [1.29, 1.82) is 0 Å². The molecular weight excluding hydrogens is 394 g/mol. The molecule has 4 aromatic rings. The van der Waals surface area contributed by atoms with Gasteiger partial charge in [-0.2, -0.15) is 10.1 Å². The van der Waals surface area contributed by atoms with E-state index in [0.29, 0.717) is 30.5 Å². The summed E-state index contributed by atoms with van der Waals surface area (Å²) in [7, 11) is 0. The minimum absolute atomic E-state index is 0.127. The van der Waals surface area contributed by atoms with Crippen LogP contribution in [0.1, 0.15) is 24.7 Å². The first-order valence-corrected chi connectivity index (χ1v) is 10.2. The van der Waals surface area contributed by atoms with Crippen molar-refractivity contribution in [2.45, 2.75) is 18.8 Å². The zero-order valence-corrected chi connectivity index (χ0v) is 16.8. The van der Waals surface area contributed by atoms with Crippen molar-refractivity contribution in [3.8, 4) is 17.2 Å². The summed E-state index contributed by atoms with van der Waals surface area (Å²) in [5.41, 5.74) is 2.23. The molecule has 2 amide bonds. The van der Waals surface area contributed by atoms with Crippen molar-refractivity contribution in [3.05, 3.63) is 73.0 Å². The highest BCUT2D eigenvalue weighted by molar-refractivity contribution is 5.91. The standard InChI is InChI=1S/C22H21N7O2/c30-22(25-17-6-1-2-8-19(17)29-13-5-12-24-29)28-14-9-16(10-15-28)21-26-20(27-31-21)18-7-3-4-11-23-18/h1-8,11-13,16H,9-10,14-15H2,(H,25,30). The van der Waals surface area contributed by atoms with Crippen LogP contribution in [0, 0.1) is 0 Å². The fourth-order valence-electron chi connectivity index (χ4n) is 3.71. The number of piperidine rings is 1. The van der Waals surface area contributed by atoms with Gasteiger partial charge in [0, 0.05) is 37.6 Å². The van der Waals surface area contributed by atoms with E-state index >= 15 is 0 Å². The highest BCUT2D eigenvalue weighted by Crippen LogP contribution is 2.29. The highest BCUT2D eigenvalue weighted by atomic mass is 16.5. The molecule has 156 valence electrons. The van der Waals surface area contributed by atoms with Crippen molar-refractivity contribution in [2.24, 2.45) is 0 Å². The Morgan fingerprint density at radius 2 is 1.87 bits per heavy atom. The molecule has 4 heterocycles. The topological polar surface area (TPSA) is 102 Å². The number of pyridine rings is 1. The van der Waals surface area contributed by atoms with Gasteiger partial charge in [0.25, 0.3) is 0 Å². The van der Waals surface area contributed by atoms with E-state index in [1.54, 1.807) is 17.1 Å². The average molecular weight is 415 g/mol. The number of carbonyl (C=O) groups is 1. The van der Waals surface area contributed by atoms with Crippen molar-refractivity contribution in [1.82, 2.24) is 29.8 Å². The maximum absolute atomic E-state index is 12.8. The second kappa shape index (κ2) is 8.39. The molecule has 1 aliphatic rings. The number of para-hydroxylation sites is 2. The molecule has 1 fully saturated rings. The first-order chi connectivity index (χ1) is 15.3. The van der Waals surface area contributed by atoms with E-state index in [9.17, 15) is 4.79 Å². The quantitative estimate of drug-likeness (QED) is 0.545. The number of rotatable bonds is 4. The molecule has 9 heteroatoms. The van der Waals surface area contributed by atoms with Crippen molar-refractivity contribution >= 4 is 11.7 Å². The highest BCUT2D eigenvalue weighted by Gasteiger charge is 2.28. The van der Waals surface area contributed by atoms with Crippen LogP contribution in [0.15, 0.2) is 71.6 Å². The summed E-state index contributed by atoms with van der Waals surface area (Å²) in [4.78, 5) is 23.4. The molecule has 3 aromatic heterocycles. The summed E-state index contributed by atoms with van der Waals surface area (Å²) < 4.78 is 7.21. The van der Waals surface area contributed by atoms with E-state index < -0.39 is 0 Å². The fourth-order valence-corrected chi connectivity index (χ4v) is 3.71. The number of nitrogens with zero attached hydrogens (tertiary/aromatic N) is 6. The van der Waals surface area contributed by atoms with Crippen LogP contribution in [0.4, 0.5) is 10.5 Å². The summed E-state index contributed by atoms with van der Waals surface area (Å²) in [5, 5.41) is 11.3. The van der Waals surface area contributed by atoms with Crippen molar-refractivity contribution in [2.75, 3.05) is 18.4 Å². The van der Waals surface area contributed by atoms with E-state index in [1.165, 1.54) is 0 Å². The fraction of sp³-hybridized carbons (Fsp3) is 0.227. The van der Waals surface area contributed by atoms with Crippen LogP contribution in [0.3, 0.4) is 0 Å². The number of carbonyl (C=O) groups excluding carboxylic acids is 1. The third kappa shape index (κ3) is 4.02. The Bertz CT molecular complexity index is 1150. The Hall–Kier alpha value is -4.01. The lowest BCUT2D eigenvalue weighted by Gasteiger charge is -2.30. The number of anilines is 1. The molecule has 1 aliphatic heterocycles. The molecule has 0 aliphatic carbocycles. The summed E-state index contributed by atoms with van der Waals surface area (Å²) in [6.07, 6.45) is 6.78. The van der Waals surface area contributed by atoms with Gasteiger partial charge in [-0.1, -0.05) is 23.4 Å². The Balaban J connectivity index is 1.22. The number of hydrogen-bond acceptors (Lipinski definition) is 6. The normalized spacial score (nSPS) is 14.5. The molecule has 0 spiro atoms. The Labute approximate surface area is 178 Å². The minimum atomic E-state index is -0.127. The van der Waals surface area contributed by atoms with Gasteiger partial charge in [0.2, 0.25) is 11.7 Å². The van der Waals surface area contributed by atoms with E-state index in [-0.39, 0.29) is 11.9 Å². The minimum Gasteiger partial charge on any atom is -0.339 e. The molecule has 0 bridgehead atoms. The van der Waals surface area contributed by atoms with E-state index in [4.69, 9.17) is 4.52 Å². The second-order valence-corrected chi connectivity index (χ2v) is 7.33. The summed E-state index contributed by atoms with van der Waals surface area (Å²) in [6.45, 7) is 1.23.